The van der Waals surface area contributed by atoms with Crippen LogP contribution in [0.4, 0.5) is 32.1 Å². The van der Waals surface area contributed by atoms with Crippen LogP contribution in [0.3, 0.4) is 0 Å². The number of pyridine rings is 1. The second kappa shape index (κ2) is 5.99. The van der Waals surface area contributed by atoms with E-state index in [4.69, 9.17) is 5.73 Å². The van der Waals surface area contributed by atoms with Gasteiger partial charge in [-0.3, -0.25) is 9.80 Å². The smallest absolute Gasteiger partial charge is 0.329 e. The zero-order valence-electron chi connectivity index (χ0n) is 13.9. The average molecular weight is 329 g/mol. The first kappa shape index (κ1) is 16.0. The third-order valence-electron chi connectivity index (χ3n) is 4.22. The number of benzene rings is 1. The number of hydrogen-bond donors (Lipinski definition) is 2. The van der Waals surface area contributed by atoms with Crippen molar-refractivity contribution in [1.82, 2.24) is 4.98 Å². The molecule has 0 aliphatic carbocycles. The molecule has 0 spiro atoms. The molecule has 3 rings (SSSR count). The number of hydrogen-bond acceptors (Lipinski definition) is 4. The van der Waals surface area contributed by atoms with Crippen molar-refractivity contribution >= 4 is 28.9 Å². The lowest BCUT2D eigenvalue weighted by molar-refractivity contribution is 0.250. The van der Waals surface area contributed by atoms with Gasteiger partial charge in [0.15, 0.2) is 0 Å². The Hall–Kier alpha value is -2.83. The second-order valence-corrected chi connectivity index (χ2v) is 5.72. The van der Waals surface area contributed by atoms with E-state index in [0.717, 1.165) is 11.3 Å². The van der Waals surface area contributed by atoms with E-state index in [9.17, 15) is 9.18 Å². The van der Waals surface area contributed by atoms with Crippen molar-refractivity contribution in [3.8, 4) is 0 Å². The lowest BCUT2D eigenvalue weighted by atomic mass is 10.1. The van der Waals surface area contributed by atoms with Crippen LogP contribution in [0.5, 0.6) is 0 Å². The highest BCUT2D eigenvalue weighted by Gasteiger charge is 2.32. The molecule has 7 heteroatoms. The SMILES string of the molecule is CCN1C(=O)N(c2cc(N)c(F)cc2C)Cc2cnc(NC)cc21. The number of nitrogens with two attached hydrogens (primary N) is 1. The minimum atomic E-state index is -0.478. The molecule has 0 atom stereocenters. The molecular weight excluding hydrogens is 309 g/mol. The molecule has 2 heterocycles. The number of rotatable bonds is 3. The van der Waals surface area contributed by atoms with Gasteiger partial charge < -0.3 is 11.1 Å². The van der Waals surface area contributed by atoms with E-state index >= 15 is 0 Å². The normalized spacial score (nSPS) is 13.9. The summed E-state index contributed by atoms with van der Waals surface area (Å²) in [6, 6.07) is 4.57. The number of carbonyl (C=O) groups excluding carboxylic acids is 1. The highest BCUT2D eigenvalue weighted by Crippen LogP contribution is 2.35. The molecule has 2 amide bonds. The van der Waals surface area contributed by atoms with E-state index in [1.165, 1.54) is 12.1 Å². The van der Waals surface area contributed by atoms with Crippen LogP contribution in [0.25, 0.3) is 0 Å². The lowest BCUT2D eigenvalue weighted by Crippen LogP contribution is -2.47. The quantitative estimate of drug-likeness (QED) is 0.849. The summed E-state index contributed by atoms with van der Waals surface area (Å²) in [4.78, 5) is 20.6. The Labute approximate surface area is 140 Å². The fourth-order valence-corrected chi connectivity index (χ4v) is 2.93. The molecule has 24 heavy (non-hydrogen) atoms. The molecule has 0 saturated heterocycles. The molecule has 1 aromatic heterocycles. The van der Waals surface area contributed by atoms with Crippen molar-refractivity contribution < 1.29 is 9.18 Å². The summed E-state index contributed by atoms with van der Waals surface area (Å²) in [5, 5.41) is 2.98. The van der Waals surface area contributed by atoms with Gasteiger partial charge in [-0.2, -0.15) is 0 Å². The van der Waals surface area contributed by atoms with Crippen LogP contribution in [0.1, 0.15) is 18.1 Å². The van der Waals surface area contributed by atoms with E-state index in [0.29, 0.717) is 30.2 Å². The predicted octanol–water partition coefficient (Wildman–Crippen LogP) is 3.12. The Bertz CT molecular complexity index is 808. The van der Waals surface area contributed by atoms with Crippen molar-refractivity contribution in [2.75, 3.05) is 34.4 Å². The molecule has 126 valence electrons. The Kier molecular flexibility index (Phi) is 4.01. The van der Waals surface area contributed by atoms with Crippen LogP contribution in [0.2, 0.25) is 0 Å². The third kappa shape index (κ3) is 2.51. The Balaban J connectivity index is 2.09. The average Bonchev–Trinajstić information content (AvgIpc) is 2.57. The third-order valence-corrected chi connectivity index (χ3v) is 4.22. The molecular formula is C17H20FN5O. The van der Waals surface area contributed by atoms with Crippen LogP contribution in [-0.4, -0.2) is 24.6 Å². The van der Waals surface area contributed by atoms with Crippen molar-refractivity contribution in [3.05, 3.63) is 41.3 Å². The van der Waals surface area contributed by atoms with Gasteiger partial charge in [0.05, 0.1) is 23.6 Å². The molecule has 0 radical (unpaired) electrons. The van der Waals surface area contributed by atoms with Crippen molar-refractivity contribution in [3.63, 3.8) is 0 Å². The van der Waals surface area contributed by atoms with Gasteiger partial charge in [-0.05, 0) is 31.5 Å². The second-order valence-electron chi connectivity index (χ2n) is 5.72. The maximum atomic E-state index is 13.6. The Morgan fingerprint density at radius 1 is 1.33 bits per heavy atom. The van der Waals surface area contributed by atoms with Gasteiger partial charge >= 0.3 is 6.03 Å². The fourth-order valence-electron chi connectivity index (χ4n) is 2.93. The zero-order chi connectivity index (χ0) is 17.4. The summed E-state index contributed by atoms with van der Waals surface area (Å²) in [6.07, 6.45) is 1.76. The van der Waals surface area contributed by atoms with Gasteiger partial charge in [-0.25, -0.2) is 14.2 Å². The topological polar surface area (TPSA) is 74.5 Å². The van der Waals surface area contributed by atoms with Crippen molar-refractivity contribution in [2.24, 2.45) is 0 Å². The number of urea groups is 1. The monoisotopic (exact) mass is 329 g/mol. The van der Waals surface area contributed by atoms with Gasteiger partial charge in [0, 0.05) is 31.4 Å². The molecule has 3 N–H and O–H groups in total. The van der Waals surface area contributed by atoms with Gasteiger partial charge in [-0.15, -0.1) is 0 Å². The number of aromatic nitrogens is 1. The molecule has 0 unspecified atom stereocenters. The zero-order valence-corrected chi connectivity index (χ0v) is 13.9. The summed E-state index contributed by atoms with van der Waals surface area (Å²) < 4.78 is 13.6. The first-order valence-electron chi connectivity index (χ1n) is 7.77. The summed E-state index contributed by atoms with van der Waals surface area (Å²) >= 11 is 0. The number of nitrogens with zero attached hydrogens (tertiary/aromatic N) is 3. The van der Waals surface area contributed by atoms with Crippen LogP contribution in [0.15, 0.2) is 24.4 Å². The predicted molar refractivity (Wildman–Crippen MR) is 93.9 cm³/mol. The summed E-state index contributed by atoms with van der Waals surface area (Å²) in [5.74, 6) is 0.226. The molecule has 6 nitrogen and oxygen atoms in total. The molecule has 0 bridgehead atoms. The Morgan fingerprint density at radius 3 is 2.75 bits per heavy atom. The number of nitrogens with one attached hydrogen (secondary N) is 1. The van der Waals surface area contributed by atoms with Crippen molar-refractivity contribution in [1.29, 1.82) is 0 Å². The standard InChI is InChI=1S/C17H20FN5O/c1-4-22-15-7-16(20-3)21-8-11(15)9-23(17(22)24)14-6-13(19)12(18)5-10(14)2/h5-8H,4,9,19H2,1-3H3,(H,20,21). The van der Waals surface area contributed by atoms with Gasteiger partial charge in [0.25, 0.3) is 0 Å². The summed E-state index contributed by atoms with van der Waals surface area (Å²) in [5.41, 5.74) is 8.76. The number of halogens is 1. The number of fused-ring (bicyclic) bond motifs is 1. The van der Waals surface area contributed by atoms with E-state index < -0.39 is 5.82 Å². The highest BCUT2D eigenvalue weighted by molar-refractivity contribution is 6.06. The van der Waals surface area contributed by atoms with E-state index in [1.54, 1.807) is 30.0 Å². The van der Waals surface area contributed by atoms with Gasteiger partial charge in [0.1, 0.15) is 11.6 Å². The number of amides is 2. The van der Waals surface area contributed by atoms with Crippen LogP contribution in [-0.2, 0) is 6.54 Å². The van der Waals surface area contributed by atoms with Crippen molar-refractivity contribution in [2.45, 2.75) is 20.4 Å². The number of carbonyl (C=O) groups is 1. The molecule has 1 aromatic carbocycles. The van der Waals surface area contributed by atoms with Crippen LogP contribution in [0, 0.1) is 12.7 Å². The first-order valence-corrected chi connectivity index (χ1v) is 7.77. The first-order chi connectivity index (χ1) is 11.5. The maximum Gasteiger partial charge on any atom is 0.329 e. The van der Waals surface area contributed by atoms with E-state index in [-0.39, 0.29) is 11.7 Å². The molecule has 1 aliphatic rings. The van der Waals surface area contributed by atoms with Gasteiger partial charge in [-0.1, -0.05) is 0 Å². The van der Waals surface area contributed by atoms with Crippen LogP contribution >= 0.6 is 0 Å². The minimum absolute atomic E-state index is 0.0286. The number of aryl methyl sites for hydroxylation is 1. The maximum absolute atomic E-state index is 13.6. The Morgan fingerprint density at radius 2 is 2.08 bits per heavy atom. The minimum Gasteiger partial charge on any atom is -0.396 e. The molecule has 0 saturated carbocycles. The highest BCUT2D eigenvalue weighted by atomic mass is 19.1. The summed E-state index contributed by atoms with van der Waals surface area (Å²) in [7, 11) is 1.78. The molecule has 0 fully saturated rings. The number of anilines is 4. The van der Waals surface area contributed by atoms with E-state index in [2.05, 4.69) is 10.3 Å². The molecule has 2 aromatic rings. The lowest BCUT2D eigenvalue weighted by Gasteiger charge is -2.37. The summed E-state index contributed by atoms with van der Waals surface area (Å²) in [6.45, 7) is 4.56. The van der Waals surface area contributed by atoms with E-state index in [1.807, 2.05) is 13.0 Å². The van der Waals surface area contributed by atoms with Crippen LogP contribution < -0.4 is 20.9 Å². The number of nitrogen functional groups attached to an aromatic ring is 1. The largest absolute Gasteiger partial charge is 0.396 e. The molecule has 1 aliphatic heterocycles. The fraction of sp³-hybridized carbons (Fsp3) is 0.294. The van der Waals surface area contributed by atoms with Gasteiger partial charge in [0.2, 0.25) is 0 Å².